The zero-order valence-electron chi connectivity index (χ0n) is 8.23. The highest BCUT2D eigenvalue weighted by molar-refractivity contribution is 5.20. The average Bonchev–Trinajstić information content (AvgIpc) is 2.15. The molecule has 0 saturated heterocycles. The first-order chi connectivity index (χ1) is 7.04. The highest BCUT2D eigenvalue weighted by Gasteiger charge is 2.11. The van der Waals surface area contributed by atoms with Gasteiger partial charge in [0, 0.05) is 30.3 Å². The van der Waals surface area contributed by atoms with Gasteiger partial charge >= 0.3 is 0 Å². The molecule has 1 aromatic rings. The van der Waals surface area contributed by atoms with Crippen molar-refractivity contribution in [3.05, 3.63) is 35.1 Å². The van der Waals surface area contributed by atoms with Crippen molar-refractivity contribution in [2.75, 3.05) is 6.61 Å². The fourth-order valence-corrected chi connectivity index (χ4v) is 1.08. The predicted molar refractivity (Wildman–Crippen MR) is 49.7 cm³/mol. The van der Waals surface area contributed by atoms with Crippen LogP contribution in [0.25, 0.3) is 0 Å². The van der Waals surface area contributed by atoms with Crippen molar-refractivity contribution in [2.45, 2.75) is 19.5 Å². The van der Waals surface area contributed by atoms with E-state index < -0.39 is 17.5 Å². The number of hydrogen-bond acceptors (Lipinski definition) is 2. The number of hydrogen-bond donors (Lipinski definition) is 2. The Hall–Kier alpha value is -1.07. The maximum atomic E-state index is 13.1. The van der Waals surface area contributed by atoms with Gasteiger partial charge in [-0.1, -0.05) is 0 Å². The van der Waals surface area contributed by atoms with Crippen molar-refractivity contribution in [3.63, 3.8) is 0 Å². The van der Waals surface area contributed by atoms with Crippen molar-refractivity contribution >= 4 is 0 Å². The lowest BCUT2D eigenvalue weighted by Gasteiger charge is -2.11. The van der Waals surface area contributed by atoms with Crippen molar-refractivity contribution in [1.29, 1.82) is 0 Å². The van der Waals surface area contributed by atoms with E-state index in [1.807, 2.05) is 0 Å². The van der Waals surface area contributed by atoms with Gasteiger partial charge in [-0.2, -0.15) is 0 Å². The number of aliphatic hydroxyl groups excluding tert-OH is 1. The van der Waals surface area contributed by atoms with E-state index in [9.17, 15) is 13.2 Å². The number of halogens is 3. The van der Waals surface area contributed by atoms with Crippen LogP contribution in [-0.4, -0.2) is 17.8 Å². The van der Waals surface area contributed by atoms with Crippen LogP contribution in [0.3, 0.4) is 0 Å². The van der Waals surface area contributed by atoms with Crippen molar-refractivity contribution in [1.82, 2.24) is 5.32 Å². The molecule has 0 aliphatic rings. The number of aliphatic hydroxyl groups is 1. The molecule has 1 aromatic carbocycles. The lowest BCUT2D eigenvalue weighted by Crippen LogP contribution is -2.29. The van der Waals surface area contributed by atoms with Crippen molar-refractivity contribution in [2.24, 2.45) is 0 Å². The second kappa shape index (κ2) is 5.14. The third-order valence-electron chi connectivity index (χ3n) is 2.01. The van der Waals surface area contributed by atoms with E-state index in [2.05, 4.69) is 5.32 Å². The van der Waals surface area contributed by atoms with E-state index in [1.165, 1.54) is 0 Å². The van der Waals surface area contributed by atoms with Crippen LogP contribution in [0.5, 0.6) is 0 Å². The molecule has 0 fully saturated rings. The molecule has 0 aliphatic carbocycles. The summed E-state index contributed by atoms with van der Waals surface area (Å²) in [6, 6.07) is 0.988. The molecule has 84 valence electrons. The highest BCUT2D eigenvalue weighted by Crippen LogP contribution is 2.14. The Kier molecular flexibility index (Phi) is 4.11. The first kappa shape index (κ1) is 12.0. The van der Waals surface area contributed by atoms with E-state index in [4.69, 9.17) is 5.11 Å². The topological polar surface area (TPSA) is 32.3 Å². The minimum atomic E-state index is -0.941. The number of rotatable bonds is 4. The predicted octanol–water partition coefficient (Wildman–Crippen LogP) is 1.57. The molecule has 0 bridgehead atoms. The summed E-state index contributed by atoms with van der Waals surface area (Å²) in [6.07, 6.45) is 0. The van der Waals surface area contributed by atoms with Gasteiger partial charge in [0.05, 0.1) is 6.61 Å². The maximum Gasteiger partial charge on any atom is 0.133 e. The molecular formula is C10H12F3NO. The SMILES string of the molecule is CC(CO)NCc1c(F)cc(F)cc1F. The number of nitrogens with one attached hydrogen (secondary N) is 1. The molecule has 2 N–H and O–H groups in total. The van der Waals surface area contributed by atoms with Crippen LogP contribution in [0, 0.1) is 17.5 Å². The molecule has 0 amide bonds. The maximum absolute atomic E-state index is 13.1. The van der Waals surface area contributed by atoms with Crippen LogP contribution in [0.2, 0.25) is 0 Å². The fraction of sp³-hybridized carbons (Fsp3) is 0.400. The third kappa shape index (κ3) is 3.21. The van der Waals surface area contributed by atoms with Gasteiger partial charge < -0.3 is 10.4 Å². The van der Waals surface area contributed by atoms with E-state index in [1.54, 1.807) is 6.92 Å². The van der Waals surface area contributed by atoms with Crippen LogP contribution in [0.15, 0.2) is 12.1 Å². The summed E-state index contributed by atoms with van der Waals surface area (Å²) in [5.41, 5.74) is -0.225. The second-order valence-electron chi connectivity index (χ2n) is 3.31. The summed E-state index contributed by atoms with van der Waals surface area (Å²) >= 11 is 0. The van der Waals surface area contributed by atoms with E-state index >= 15 is 0 Å². The summed E-state index contributed by atoms with van der Waals surface area (Å²) in [6.45, 7) is 1.45. The molecule has 15 heavy (non-hydrogen) atoms. The zero-order chi connectivity index (χ0) is 11.4. The van der Waals surface area contributed by atoms with Crippen molar-refractivity contribution in [3.8, 4) is 0 Å². The average molecular weight is 219 g/mol. The Labute approximate surface area is 85.7 Å². The van der Waals surface area contributed by atoms with Crippen LogP contribution in [0.1, 0.15) is 12.5 Å². The molecule has 1 atom stereocenters. The second-order valence-corrected chi connectivity index (χ2v) is 3.31. The van der Waals surface area contributed by atoms with Gasteiger partial charge in [0.1, 0.15) is 17.5 Å². The molecule has 5 heteroatoms. The Morgan fingerprint density at radius 1 is 1.27 bits per heavy atom. The van der Waals surface area contributed by atoms with Gasteiger partial charge in [-0.05, 0) is 6.92 Å². The van der Waals surface area contributed by atoms with Crippen LogP contribution >= 0.6 is 0 Å². The Morgan fingerprint density at radius 3 is 2.27 bits per heavy atom. The van der Waals surface area contributed by atoms with Crippen LogP contribution in [0.4, 0.5) is 13.2 Å². The Bertz CT molecular complexity index is 320. The lowest BCUT2D eigenvalue weighted by atomic mass is 10.2. The molecule has 1 rings (SSSR count). The van der Waals surface area contributed by atoms with Gasteiger partial charge in [0.2, 0.25) is 0 Å². The van der Waals surface area contributed by atoms with E-state index in [0.717, 1.165) is 0 Å². The molecule has 0 aromatic heterocycles. The summed E-state index contributed by atoms with van der Waals surface area (Å²) in [5, 5.41) is 11.4. The summed E-state index contributed by atoms with van der Waals surface area (Å²) in [5.74, 6) is -2.79. The molecule has 0 saturated carbocycles. The van der Waals surface area contributed by atoms with Crippen LogP contribution < -0.4 is 5.32 Å². The lowest BCUT2D eigenvalue weighted by molar-refractivity contribution is 0.250. The van der Waals surface area contributed by atoms with Crippen LogP contribution in [-0.2, 0) is 6.54 Å². The third-order valence-corrected chi connectivity index (χ3v) is 2.01. The monoisotopic (exact) mass is 219 g/mol. The molecule has 0 spiro atoms. The van der Waals surface area contributed by atoms with Gasteiger partial charge in [0.15, 0.2) is 0 Å². The summed E-state index contributed by atoms with van der Waals surface area (Å²) in [4.78, 5) is 0. The zero-order valence-corrected chi connectivity index (χ0v) is 8.23. The highest BCUT2D eigenvalue weighted by atomic mass is 19.1. The fourth-order valence-electron chi connectivity index (χ4n) is 1.08. The minimum Gasteiger partial charge on any atom is -0.395 e. The van der Waals surface area contributed by atoms with Crippen molar-refractivity contribution < 1.29 is 18.3 Å². The smallest absolute Gasteiger partial charge is 0.133 e. The standard InChI is InChI=1S/C10H12F3NO/c1-6(5-15)14-4-8-9(12)2-7(11)3-10(8)13/h2-3,6,14-15H,4-5H2,1H3. The first-order valence-corrected chi connectivity index (χ1v) is 4.52. The summed E-state index contributed by atoms with van der Waals surface area (Å²) in [7, 11) is 0. The molecule has 0 aliphatic heterocycles. The molecule has 2 nitrogen and oxygen atoms in total. The summed E-state index contributed by atoms with van der Waals surface area (Å²) < 4.78 is 38.7. The largest absolute Gasteiger partial charge is 0.395 e. The molecular weight excluding hydrogens is 207 g/mol. The van der Waals surface area contributed by atoms with Gasteiger partial charge in [-0.3, -0.25) is 0 Å². The Balaban J connectivity index is 2.77. The first-order valence-electron chi connectivity index (χ1n) is 4.52. The van der Waals surface area contributed by atoms with Gasteiger partial charge in [-0.15, -0.1) is 0 Å². The molecule has 0 radical (unpaired) electrons. The van der Waals surface area contributed by atoms with E-state index in [0.29, 0.717) is 12.1 Å². The van der Waals surface area contributed by atoms with Gasteiger partial charge in [-0.25, -0.2) is 13.2 Å². The minimum absolute atomic E-state index is 0.0837. The Morgan fingerprint density at radius 2 is 1.80 bits per heavy atom. The normalized spacial score (nSPS) is 12.9. The molecule has 0 heterocycles. The van der Waals surface area contributed by atoms with E-state index in [-0.39, 0.29) is 24.8 Å². The molecule has 1 unspecified atom stereocenters. The quantitative estimate of drug-likeness (QED) is 0.805. The number of benzene rings is 1. The van der Waals surface area contributed by atoms with Gasteiger partial charge in [0.25, 0.3) is 0 Å².